The highest BCUT2D eigenvalue weighted by Gasteiger charge is 2.38. The van der Waals surface area contributed by atoms with Crippen molar-refractivity contribution >= 4 is 18.4 Å². The number of hydrogen-bond acceptors (Lipinski definition) is 1. The molecule has 0 aromatic heterocycles. The molecule has 6 aromatic carbocycles. The molecule has 0 bridgehead atoms. The Bertz CT molecular complexity index is 2320. The van der Waals surface area contributed by atoms with Gasteiger partial charge >= 0.3 is 0 Å². The third-order valence-electron chi connectivity index (χ3n) is 9.12. The van der Waals surface area contributed by atoms with Crippen LogP contribution in [0.4, 0.5) is 0 Å². The predicted octanol–water partition coefficient (Wildman–Crippen LogP) is 10.6. The van der Waals surface area contributed by atoms with Gasteiger partial charge in [0.15, 0.2) is 0 Å². The first kappa shape index (κ1) is 21.1. The zero-order chi connectivity index (χ0) is 35.2. The molecule has 0 saturated carbocycles. The van der Waals surface area contributed by atoms with Crippen LogP contribution in [0.2, 0.25) is 13.0 Å². The Labute approximate surface area is 270 Å². The second kappa shape index (κ2) is 9.67. The first-order chi connectivity index (χ1) is 23.7. The van der Waals surface area contributed by atoms with Gasteiger partial charge < -0.3 is 4.74 Å². The van der Waals surface area contributed by atoms with E-state index in [2.05, 4.69) is 106 Å². The molecule has 1 nitrogen and oxygen atoms in total. The van der Waals surface area contributed by atoms with Gasteiger partial charge in [0.25, 0.3) is 0 Å². The molecule has 0 spiro atoms. The second-order valence-corrected chi connectivity index (χ2v) is 15.4. The molecule has 0 unspecified atom stereocenters. The minimum atomic E-state index is -4.47. The summed E-state index contributed by atoms with van der Waals surface area (Å²) in [5.74, 6) is 0.617. The number of benzene rings is 6. The van der Waals surface area contributed by atoms with E-state index in [0.717, 1.165) is 50.1 Å². The molecule has 1 aliphatic carbocycles. The van der Waals surface area contributed by atoms with Crippen LogP contribution in [-0.4, -0.2) is 8.07 Å². The van der Waals surface area contributed by atoms with Crippen molar-refractivity contribution in [2.45, 2.75) is 39.1 Å². The normalized spacial score (nSPS) is 16.5. The monoisotopic (exact) mass is 590 g/mol. The van der Waals surface area contributed by atoms with Crippen LogP contribution in [0.5, 0.6) is 11.5 Å². The van der Waals surface area contributed by atoms with Crippen LogP contribution < -0.4 is 15.1 Å². The zero-order valence-electron chi connectivity index (χ0n) is 31.0. The summed E-state index contributed by atoms with van der Waals surface area (Å²) in [6.07, 6.45) is 0. The van der Waals surface area contributed by atoms with Crippen LogP contribution in [0, 0.1) is 0 Å². The van der Waals surface area contributed by atoms with E-state index in [4.69, 9.17) is 13.0 Å². The Morgan fingerprint density at radius 3 is 1.48 bits per heavy atom. The van der Waals surface area contributed by atoms with Crippen LogP contribution in [0.3, 0.4) is 0 Å². The summed E-state index contributed by atoms with van der Waals surface area (Å²) in [4.78, 5) is 0. The third kappa shape index (κ3) is 3.98. The van der Waals surface area contributed by atoms with Gasteiger partial charge in [-0.25, -0.2) is 0 Å². The molecule has 44 heavy (non-hydrogen) atoms. The maximum Gasteiger partial charge on any atom is 0.134 e. The number of para-hydroxylation sites is 2. The Hall–Kier alpha value is -4.66. The zero-order valence-corrected chi connectivity index (χ0v) is 26.0. The van der Waals surface area contributed by atoms with E-state index >= 15 is 0 Å². The summed E-state index contributed by atoms with van der Waals surface area (Å²) in [5.41, 5.74) is 11.2. The average Bonchev–Trinajstić information content (AvgIpc) is 3.07. The van der Waals surface area contributed by atoms with Crippen LogP contribution in [-0.2, 0) is 5.41 Å². The minimum absolute atomic E-state index is 0.278. The highest BCUT2D eigenvalue weighted by atomic mass is 28.3. The fourth-order valence-electron chi connectivity index (χ4n) is 7.02. The number of fused-ring (bicyclic) bond motifs is 10. The lowest BCUT2D eigenvalue weighted by Crippen LogP contribution is -2.56. The second-order valence-electron chi connectivity index (χ2n) is 12.9. The van der Waals surface area contributed by atoms with Gasteiger partial charge in [0, 0.05) is 13.8 Å². The van der Waals surface area contributed by atoms with Crippen LogP contribution in [0.1, 0.15) is 34.6 Å². The van der Waals surface area contributed by atoms with Gasteiger partial charge in [0.1, 0.15) is 19.6 Å². The van der Waals surface area contributed by atoms with Crippen LogP contribution in [0.25, 0.3) is 55.6 Å². The summed E-state index contributed by atoms with van der Waals surface area (Å²) in [7, 11) is -4.47. The van der Waals surface area contributed by atoms with Gasteiger partial charge in [-0.2, -0.15) is 0 Å². The fourth-order valence-corrected chi connectivity index (χ4v) is 9.03. The Balaban J connectivity index is 1.50. The highest BCUT2D eigenvalue weighted by molar-refractivity contribution is 7.01. The van der Waals surface area contributed by atoms with Gasteiger partial charge in [0.05, 0.1) is 0 Å². The van der Waals surface area contributed by atoms with Crippen molar-refractivity contribution < 1.29 is 13.0 Å². The molecule has 214 valence electrons. The average molecular weight is 591 g/mol. The molecule has 0 radical (unpaired) electrons. The number of rotatable bonds is 1. The van der Waals surface area contributed by atoms with E-state index < -0.39 is 21.0 Å². The third-order valence-corrected chi connectivity index (χ3v) is 11.5. The fraction of sp³-hybridized carbons (Fsp3) is 0.143. The maximum absolute atomic E-state index is 8.87. The van der Waals surface area contributed by atoms with Gasteiger partial charge in [-0.1, -0.05) is 143 Å². The van der Waals surface area contributed by atoms with E-state index in [1.165, 1.54) is 5.56 Å². The number of ether oxygens (including phenoxy) is 1. The maximum atomic E-state index is 8.87. The van der Waals surface area contributed by atoms with Crippen molar-refractivity contribution in [2.24, 2.45) is 0 Å². The van der Waals surface area contributed by atoms with Crippen molar-refractivity contribution in [2.75, 3.05) is 0 Å². The molecule has 2 heteroatoms. The van der Waals surface area contributed by atoms with Crippen molar-refractivity contribution in [3.05, 3.63) is 133 Å². The first-order valence-electron chi connectivity index (χ1n) is 18.1. The predicted molar refractivity (Wildman–Crippen MR) is 189 cm³/mol. The summed E-state index contributed by atoms with van der Waals surface area (Å²) in [5, 5.41) is 0.558. The Kier molecular flexibility index (Phi) is 4.64. The Morgan fingerprint density at radius 2 is 0.932 bits per heavy atom. The molecule has 0 saturated heterocycles. The molecule has 0 atom stereocenters. The lowest BCUT2D eigenvalue weighted by Gasteiger charge is -2.35. The molecule has 1 aliphatic heterocycles. The van der Waals surface area contributed by atoms with Gasteiger partial charge in [-0.3, -0.25) is 0 Å². The molecule has 1 heterocycles. The molecular weight excluding hydrogens is 549 g/mol. The summed E-state index contributed by atoms with van der Waals surface area (Å²) in [6, 6.07) is 42.2. The SMILES string of the molecule is [2H]C([2H])([2H])[Si]1(C([2H])([2H])[2H])c2ccccc2Oc2c(-c3cc4c(cc3C(C)(C)C)-c3ccccc3-c3ccccc3-c3ccccc3-4)cccc21. The molecule has 0 amide bonds. The lowest BCUT2D eigenvalue weighted by atomic mass is 9.75. The lowest BCUT2D eigenvalue weighted by molar-refractivity contribution is 0.488. The van der Waals surface area contributed by atoms with Crippen molar-refractivity contribution in [1.82, 2.24) is 0 Å². The van der Waals surface area contributed by atoms with E-state index in [1.54, 1.807) is 36.4 Å². The summed E-state index contributed by atoms with van der Waals surface area (Å²) >= 11 is 0. The highest BCUT2D eigenvalue weighted by Crippen LogP contribution is 2.51. The Morgan fingerprint density at radius 1 is 0.477 bits per heavy atom. The standard InChI is InChI=1S/C42H36OSi/c1-42(2,3)37-26-35-32-20-11-9-18-30(32)28-16-7-6-15-27(28)29-17-8-10-19-31(29)34(35)25-36(37)33-21-14-24-40-41(33)43-38-22-12-13-23-39(38)44(40,4)5/h6-26H,1-5H3/i4D3,5D3. The molecule has 8 rings (SSSR count). The molecular formula is C42H36OSi. The van der Waals surface area contributed by atoms with Gasteiger partial charge in [-0.05, 0) is 89.6 Å². The van der Waals surface area contributed by atoms with E-state index in [1.807, 2.05) is 6.07 Å². The minimum Gasteiger partial charge on any atom is -0.457 e. The van der Waals surface area contributed by atoms with Crippen molar-refractivity contribution in [3.8, 4) is 67.1 Å². The largest absolute Gasteiger partial charge is 0.457 e. The van der Waals surface area contributed by atoms with Crippen LogP contribution in [0.15, 0.2) is 127 Å². The quantitative estimate of drug-likeness (QED) is 0.173. The number of hydrogen-bond donors (Lipinski definition) is 0. The van der Waals surface area contributed by atoms with Gasteiger partial charge in [0.2, 0.25) is 0 Å². The molecule has 0 fully saturated rings. The first-order valence-corrected chi connectivity index (χ1v) is 17.1. The van der Waals surface area contributed by atoms with Crippen molar-refractivity contribution in [3.63, 3.8) is 0 Å². The summed E-state index contributed by atoms with van der Waals surface area (Å²) < 4.78 is 59.9. The van der Waals surface area contributed by atoms with E-state index in [0.29, 0.717) is 17.1 Å². The van der Waals surface area contributed by atoms with Crippen molar-refractivity contribution in [1.29, 1.82) is 0 Å². The molecule has 0 N–H and O–H groups in total. The smallest absolute Gasteiger partial charge is 0.134 e. The van der Waals surface area contributed by atoms with E-state index in [-0.39, 0.29) is 15.8 Å². The van der Waals surface area contributed by atoms with E-state index in [9.17, 15) is 0 Å². The molecule has 6 aromatic rings. The van der Waals surface area contributed by atoms with Gasteiger partial charge in [-0.15, -0.1) is 0 Å². The topological polar surface area (TPSA) is 9.23 Å². The summed E-state index contributed by atoms with van der Waals surface area (Å²) in [6.45, 7) is 0.962. The molecule has 2 aliphatic rings. The van der Waals surface area contributed by atoms with Crippen LogP contribution >= 0.6 is 0 Å².